The van der Waals surface area contributed by atoms with Gasteiger partial charge in [-0.2, -0.15) is 0 Å². The Balaban J connectivity index is 2.61. The van der Waals surface area contributed by atoms with Gasteiger partial charge in [0, 0.05) is 19.9 Å². The molecule has 0 radical (unpaired) electrons. The van der Waals surface area contributed by atoms with Crippen LogP contribution in [0.1, 0.15) is 0 Å². The quantitative estimate of drug-likeness (QED) is 0.606. The number of nitrogens with two attached hydrogens (primary N) is 1. The van der Waals surface area contributed by atoms with Crippen molar-refractivity contribution >= 4 is 53.1 Å². The molecule has 0 fully saturated rings. The van der Waals surface area contributed by atoms with Gasteiger partial charge < -0.3 is 5.73 Å². The van der Waals surface area contributed by atoms with Crippen LogP contribution in [-0.4, -0.2) is 0 Å². The highest BCUT2D eigenvalue weighted by atomic mass is 79.9. The molecule has 0 saturated carbocycles. The Morgan fingerprint density at radius 1 is 1.07 bits per heavy atom. The van der Waals surface area contributed by atoms with E-state index < -0.39 is 0 Å². The van der Waals surface area contributed by atoms with Crippen LogP contribution in [0.5, 0.6) is 0 Å². The minimum Gasteiger partial charge on any atom is -0.398 e. The number of anilines is 1. The summed E-state index contributed by atoms with van der Waals surface area (Å²) >= 11 is 5.23. The van der Waals surface area contributed by atoms with Crippen molar-refractivity contribution in [3.8, 4) is 0 Å². The summed E-state index contributed by atoms with van der Waals surface area (Å²) in [4.78, 5) is 0. The first kappa shape index (κ1) is 9.19. The second-order valence-electron chi connectivity index (χ2n) is 3.47. The number of nitrogen functional groups attached to an aromatic ring is 1. The monoisotopic (exact) mass is 277 g/mol. The summed E-state index contributed by atoms with van der Waals surface area (Å²) < 4.78 is 3.51. The molecule has 0 amide bonds. The van der Waals surface area contributed by atoms with Crippen LogP contribution in [0.2, 0.25) is 0 Å². The zero-order valence-electron chi connectivity index (χ0n) is 7.83. The highest BCUT2D eigenvalue weighted by Gasteiger charge is 2.07. The Labute approximate surface area is 99.6 Å². The summed E-state index contributed by atoms with van der Waals surface area (Å²) in [5.41, 5.74) is 6.85. The van der Waals surface area contributed by atoms with Gasteiger partial charge in [-0.25, -0.2) is 0 Å². The van der Waals surface area contributed by atoms with E-state index in [0.717, 1.165) is 10.2 Å². The van der Waals surface area contributed by atoms with Crippen LogP contribution < -0.4 is 5.73 Å². The van der Waals surface area contributed by atoms with Crippen LogP contribution in [0.4, 0.5) is 5.69 Å². The predicted molar refractivity (Wildman–Crippen MR) is 71.4 cm³/mol. The van der Waals surface area contributed by atoms with Gasteiger partial charge in [-0.3, -0.25) is 0 Å². The molecule has 74 valence electrons. The average Bonchev–Trinajstić information content (AvgIpc) is 2.57. The third-order valence-electron chi connectivity index (χ3n) is 2.47. The number of thiophene rings is 1. The summed E-state index contributed by atoms with van der Waals surface area (Å²) in [6.45, 7) is 0. The van der Waals surface area contributed by atoms with E-state index in [2.05, 4.69) is 46.3 Å². The van der Waals surface area contributed by atoms with E-state index >= 15 is 0 Å². The predicted octanol–water partition coefficient (Wildman–Crippen LogP) is 4.40. The molecule has 15 heavy (non-hydrogen) atoms. The molecule has 0 bridgehead atoms. The molecule has 3 rings (SSSR count). The molecule has 0 spiro atoms. The van der Waals surface area contributed by atoms with E-state index in [1.54, 1.807) is 11.3 Å². The van der Waals surface area contributed by atoms with E-state index in [-0.39, 0.29) is 0 Å². The SMILES string of the molecule is Nc1cc(Br)cc2c1sc1ccccc12. The van der Waals surface area contributed by atoms with Gasteiger partial charge >= 0.3 is 0 Å². The molecule has 0 unspecified atom stereocenters. The number of halogens is 1. The fraction of sp³-hybridized carbons (Fsp3) is 0. The Morgan fingerprint density at radius 2 is 1.87 bits per heavy atom. The minimum absolute atomic E-state index is 0.848. The van der Waals surface area contributed by atoms with Crippen LogP contribution in [0.15, 0.2) is 40.9 Å². The smallest absolute Gasteiger partial charge is 0.0585 e. The number of fused-ring (bicyclic) bond motifs is 3. The molecule has 0 aliphatic heterocycles. The van der Waals surface area contributed by atoms with Crippen molar-refractivity contribution in [1.29, 1.82) is 0 Å². The molecule has 3 heteroatoms. The van der Waals surface area contributed by atoms with Crippen molar-refractivity contribution in [2.24, 2.45) is 0 Å². The minimum atomic E-state index is 0.848. The lowest BCUT2D eigenvalue weighted by molar-refractivity contribution is 1.74. The molecule has 2 N–H and O–H groups in total. The standard InChI is InChI=1S/C12H8BrNS/c13-7-5-9-8-3-1-2-4-11(8)15-12(9)10(14)6-7/h1-6H,14H2. The summed E-state index contributed by atoms with van der Waals surface area (Å²) in [6, 6.07) is 12.5. The molecule has 0 aliphatic carbocycles. The number of hydrogen-bond acceptors (Lipinski definition) is 2. The van der Waals surface area contributed by atoms with E-state index in [1.807, 2.05) is 6.07 Å². The van der Waals surface area contributed by atoms with Crippen molar-refractivity contribution in [2.75, 3.05) is 5.73 Å². The fourth-order valence-electron chi connectivity index (χ4n) is 1.82. The van der Waals surface area contributed by atoms with Crippen molar-refractivity contribution in [3.05, 3.63) is 40.9 Å². The molecule has 3 aromatic rings. The maximum atomic E-state index is 6.00. The maximum Gasteiger partial charge on any atom is 0.0585 e. The van der Waals surface area contributed by atoms with E-state index in [9.17, 15) is 0 Å². The molecule has 0 saturated heterocycles. The normalized spacial score (nSPS) is 11.3. The highest BCUT2D eigenvalue weighted by molar-refractivity contribution is 9.10. The molecule has 1 aromatic heterocycles. The van der Waals surface area contributed by atoms with E-state index in [1.165, 1.54) is 20.2 Å². The van der Waals surface area contributed by atoms with Gasteiger partial charge in [0.15, 0.2) is 0 Å². The van der Waals surface area contributed by atoms with Gasteiger partial charge in [-0.05, 0) is 18.2 Å². The topological polar surface area (TPSA) is 26.0 Å². The zero-order chi connectivity index (χ0) is 10.4. The van der Waals surface area contributed by atoms with Crippen molar-refractivity contribution in [2.45, 2.75) is 0 Å². The number of benzene rings is 2. The lowest BCUT2D eigenvalue weighted by Gasteiger charge is -1.97. The molecule has 0 aliphatic rings. The van der Waals surface area contributed by atoms with E-state index in [4.69, 9.17) is 5.73 Å². The average molecular weight is 278 g/mol. The lowest BCUT2D eigenvalue weighted by Crippen LogP contribution is -1.83. The number of rotatable bonds is 0. The van der Waals surface area contributed by atoms with Crippen LogP contribution in [-0.2, 0) is 0 Å². The van der Waals surface area contributed by atoms with Crippen molar-refractivity contribution < 1.29 is 0 Å². The first-order valence-electron chi connectivity index (χ1n) is 4.62. The Kier molecular flexibility index (Phi) is 1.97. The van der Waals surface area contributed by atoms with Crippen LogP contribution in [0, 0.1) is 0 Å². The van der Waals surface area contributed by atoms with Crippen LogP contribution in [0.3, 0.4) is 0 Å². The Bertz CT molecular complexity index is 657. The van der Waals surface area contributed by atoms with Gasteiger partial charge in [0.2, 0.25) is 0 Å². The number of hydrogen-bond donors (Lipinski definition) is 1. The molecular formula is C12H8BrNS. The van der Waals surface area contributed by atoms with E-state index in [0.29, 0.717) is 0 Å². The molecule has 1 nitrogen and oxygen atoms in total. The van der Waals surface area contributed by atoms with Gasteiger partial charge in [-0.15, -0.1) is 11.3 Å². The second kappa shape index (κ2) is 3.22. The van der Waals surface area contributed by atoms with Gasteiger partial charge in [0.25, 0.3) is 0 Å². The van der Waals surface area contributed by atoms with Gasteiger partial charge in [0.1, 0.15) is 0 Å². The lowest BCUT2D eigenvalue weighted by atomic mass is 10.1. The first-order valence-corrected chi connectivity index (χ1v) is 6.23. The summed E-state index contributed by atoms with van der Waals surface area (Å²) in [7, 11) is 0. The largest absolute Gasteiger partial charge is 0.398 e. The Hall–Kier alpha value is -1.06. The molecule has 1 heterocycles. The zero-order valence-corrected chi connectivity index (χ0v) is 10.2. The van der Waals surface area contributed by atoms with Gasteiger partial charge in [0.05, 0.1) is 10.4 Å². The third kappa shape index (κ3) is 1.34. The van der Waals surface area contributed by atoms with Gasteiger partial charge in [-0.1, -0.05) is 34.1 Å². The molecule has 0 atom stereocenters. The fourth-order valence-corrected chi connectivity index (χ4v) is 3.40. The molecular weight excluding hydrogens is 270 g/mol. The third-order valence-corrected chi connectivity index (χ3v) is 4.17. The van der Waals surface area contributed by atoms with Crippen LogP contribution in [0.25, 0.3) is 20.2 Å². The Morgan fingerprint density at radius 3 is 2.73 bits per heavy atom. The molecule has 2 aromatic carbocycles. The van der Waals surface area contributed by atoms with Crippen LogP contribution >= 0.6 is 27.3 Å². The van der Waals surface area contributed by atoms with Crippen molar-refractivity contribution in [3.63, 3.8) is 0 Å². The second-order valence-corrected chi connectivity index (χ2v) is 5.44. The van der Waals surface area contributed by atoms with Crippen molar-refractivity contribution in [1.82, 2.24) is 0 Å². The summed E-state index contributed by atoms with van der Waals surface area (Å²) in [6.07, 6.45) is 0. The summed E-state index contributed by atoms with van der Waals surface area (Å²) in [5.74, 6) is 0. The maximum absolute atomic E-state index is 6.00. The summed E-state index contributed by atoms with van der Waals surface area (Å²) in [5, 5.41) is 2.52. The first-order chi connectivity index (χ1) is 7.25. The highest BCUT2D eigenvalue weighted by Crippen LogP contribution is 2.38.